The van der Waals surface area contributed by atoms with Crippen molar-refractivity contribution in [1.29, 1.82) is 0 Å². The lowest BCUT2D eigenvalue weighted by atomic mass is 9.82. The van der Waals surface area contributed by atoms with E-state index in [2.05, 4.69) is 0 Å². The van der Waals surface area contributed by atoms with Crippen LogP contribution in [-0.2, 0) is 20.0 Å². The summed E-state index contributed by atoms with van der Waals surface area (Å²) in [5, 5.41) is 11.8. The largest absolute Gasteiger partial charge is 0.493 e. The van der Waals surface area contributed by atoms with Gasteiger partial charge in [-0.1, -0.05) is 26.7 Å². The van der Waals surface area contributed by atoms with Crippen LogP contribution in [0.1, 0.15) is 57.6 Å². The van der Waals surface area contributed by atoms with E-state index in [1.807, 2.05) is 0 Å². The predicted molar refractivity (Wildman–Crippen MR) is 126 cm³/mol. The number of methoxy groups -OCH3 is 2. The summed E-state index contributed by atoms with van der Waals surface area (Å²) in [6.45, 7) is 0.319. The van der Waals surface area contributed by atoms with Crippen LogP contribution in [0, 0.1) is 16.0 Å². The number of nitrogens with zero attached hydrogens (tertiary/aromatic N) is 2. The SMILES string of the molecule is C.COc1cc(C(OC(=O)N(C)CCCS(=O)OC)C2CCCCC2)c([N+](=O)[O-])cc1OC. The smallest absolute Gasteiger partial charge is 0.410 e. The number of ether oxygens (including phenoxy) is 3. The Kier molecular flexibility index (Phi) is 12.1. The molecule has 0 heterocycles. The van der Waals surface area contributed by atoms with Crippen LogP contribution in [0.5, 0.6) is 11.5 Å². The Morgan fingerprint density at radius 1 is 1.18 bits per heavy atom. The Morgan fingerprint density at radius 2 is 1.79 bits per heavy atom. The fourth-order valence-electron chi connectivity index (χ4n) is 3.91. The van der Waals surface area contributed by atoms with Gasteiger partial charge in [0.25, 0.3) is 5.69 Å². The molecule has 1 saturated carbocycles. The minimum atomic E-state index is -1.40. The van der Waals surface area contributed by atoms with E-state index in [-0.39, 0.29) is 24.8 Å². The number of nitro benzene ring substituents is 1. The van der Waals surface area contributed by atoms with E-state index in [9.17, 15) is 19.1 Å². The molecule has 0 aliphatic heterocycles. The minimum Gasteiger partial charge on any atom is -0.493 e. The average Bonchev–Trinajstić information content (AvgIpc) is 2.81. The van der Waals surface area contributed by atoms with Gasteiger partial charge in [0.15, 0.2) is 22.6 Å². The molecular weight excluding hydrogens is 452 g/mol. The Labute approximate surface area is 198 Å². The van der Waals surface area contributed by atoms with Crippen molar-refractivity contribution in [3.8, 4) is 11.5 Å². The highest BCUT2D eigenvalue weighted by molar-refractivity contribution is 7.80. The van der Waals surface area contributed by atoms with Crippen LogP contribution in [0.15, 0.2) is 12.1 Å². The molecular formula is C22H36N2O8S. The molecule has 0 radical (unpaired) electrons. The van der Waals surface area contributed by atoms with Gasteiger partial charge in [-0.3, -0.25) is 14.3 Å². The summed E-state index contributed by atoms with van der Waals surface area (Å²) in [6, 6.07) is 2.84. The maximum absolute atomic E-state index is 12.8. The molecule has 188 valence electrons. The second-order valence-electron chi connectivity index (χ2n) is 7.68. The van der Waals surface area contributed by atoms with E-state index >= 15 is 0 Å². The van der Waals surface area contributed by atoms with Gasteiger partial charge in [0.05, 0.1) is 43.6 Å². The van der Waals surface area contributed by atoms with Gasteiger partial charge in [-0.25, -0.2) is 9.00 Å². The van der Waals surface area contributed by atoms with E-state index < -0.39 is 28.2 Å². The number of rotatable bonds is 11. The van der Waals surface area contributed by atoms with E-state index in [4.69, 9.17) is 18.4 Å². The molecule has 1 aromatic rings. The van der Waals surface area contributed by atoms with Gasteiger partial charge < -0.3 is 19.1 Å². The van der Waals surface area contributed by atoms with Crippen molar-refractivity contribution in [2.45, 2.75) is 52.1 Å². The molecule has 1 amide bonds. The first-order valence-corrected chi connectivity index (χ1v) is 11.8. The van der Waals surface area contributed by atoms with Gasteiger partial charge in [0, 0.05) is 19.5 Å². The third kappa shape index (κ3) is 7.85. The zero-order valence-electron chi connectivity index (χ0n) is 19.0. The van der Waals surface area contributed by atoms with Crippen LogP contribution in [0.25, 0.3) is 0 Å². The van der Waals surface area contributed by atoms with Gasteiger partial charge >= 0.3 is 6.09 Å². The second-order valence-corrected chi connectivity index (χ2v) is 9.02. The number of nitro groups is 1. The number of hydrogen-bond donors (Lipinski definition) is 0. The van der Waals surface area contributed by atoms with Crippen molar-refractivity contribution in [1.82, 2.24) is 4.90 Å². The van der Waals surface area contributed by atoms with Crippen molar-refractivity contribution < 1.29 is 32.3 Å². The first kappa shape index (κ1) is 28.6. The van der Waals surface area contributed by atoms with Crippen LogP contribution in [-0.4, -0.2) is 60.8 Å². The van der Waals surface area contributed by atoms with Crippen molar-refractivity contribution in [2.75, 3.05) is 40.7 Å². The van der Waals surface area contributed by atoms with Crippen LogP contribution in [0.3, 0.4) is 0 Å². The molecule has 0 N–H and O–H groups in total. The first-order valence-electron chi connectivity index (χ1n) is 10.6. The summed E-state index contributed by atoms with van der Waals surface area (Å²) < 4.78 is 32.6. The monoisotopic (exact) mass is 488 g/mol. The normalized spacial score (nSPS) is 15.6. The van der Waals surface area contributed by atoms with Gasteiger partial charge in [0.1, 0.15) is 6.10 Å². The van der Waals surface area contributed by atoms with Crippen molar-refractivity contribution >= 4 is 22.9 Å². The molecule has 1 aliphatic rings. The number of benzene rings is 1. The van der Waals surface area contributed by atoms with E-state index in [1.54, 1.807) is 7.05 Å². The van der Waals surface area contributed by atoms with Crippen LogP contribution >= 0.6 is 0 Å². The third-order valence-corrected chi connectivity index (χ3v) is 6.64. The molecule has 1 fully saturated rings. The lowest BCUT2D eigenvalue weighted by Gasteiger charge is -2.31. The number of amides is 1. The van der Waals surface area contributed by atoms with Crippen molar-refractivity contribution in [3.05, 3.63) is 27.8 Å². The highest BCUT2D eigenvalue weighted by Gasteiger charge is 2.35. The molecule has 1 aliphatic carbocycles. The molecule has 2 unspecified atom stereocenters. The number of hydrogen-bond acceptors (Lipinski definition) is 8. The minimum absolute atomic E-state index is 0. The fourth-order valence-corrected chi connectivity index (χ4v) is 4.44. The molecule has 33 heavy (non-hydrogen) atoms. The highest BCUT2D eigenvalue weighted by Crippen LogP contribution is 2.44. The van der Waals surface area contributed by atoms with Gasteiger partial charge in [-0.15, -0.1) is 0 Å². The van der Waals surface area contributed by atoms with Crippen LogP contribution in [0.4, 0.5) is 10.5 Å². The molecule has 2 atom stereocenters. The highest BCUT2D eigenvalue weighted by atomic mass is 32.2. The topological polar surface area (TPSA) is 117 Å². The Balaban J connectivity index is 0.00000544. The molecule has 1 aromatic carbocycles. The fraction of sp³-hybridized carbons (Fsp3) is 0.682. The maximum Gasteiger partial charge on any atom is 0.410 e. The van der Waals surface area contributed by atoms with E-state index in [0.29, 0.717) is 30.0 Å². The maximum atomic E-state index is 12.8. The predicted octanol–water partition coefficient (Wildman–Crippen LogP) is 4.64. The van der Waals surface area contributed by atoms with E-state index in [1.165, 1.54) is 38.4 Å². The summed E-state index contributed by atoms with van der Waals surface area (Å²) in [5.74, 6) is 0.820. The first-order chi connectivity index (χ1) is 15.3. The third-order valence-electron chi connectivity index (χ3n) is 5.64. The zero-order chi connectivity index (χ0) is 23.7. The molecule has 0 spiro atoms. The quantitative estimate of drug-likeness (QED) is 0.327. The van der Waals surface area contributed by atoms with Crippen molar-refractivity contribution in [2.24, 2.45) is 5.92 Å². The molecule has 11 heteroatoms. The summed E-state index contributed by atoms with van der Waals surface area (Å²) in [7, 11) is 5.80. The molecule has 0 saturated heterocycles. The molecule has 0 bridgehead atoms. The van der Waals surface area contributed by atoms with Gasteiger partial charge in [0.2, 0.25) is 0 Å². The number of carbonyl (C=O) groups is 1. The second kappa shape index (κ2) is 14.0. The molecule has 10 nitrogen and oxygen atoms in total. The lowest BCUT2D eigenvalue weighted by molar-refractivity contribution is -0.386. The Hall–Kier alpha value is -2.40. The Bertz CT molecular complexity index is 814. The molecule has 2 rings (SSSR count). The summed E-state index contributed by atoms with van der Waals surface area (Å²) in [5.41, 5.74) is 0.117. The van der Waals surface area contributed by atoms with Gasteiger partial charge in [-0.05, 0) is 25.3 Å². The standard InChI is InChI=1S/C21H32N2O8S.CH4/c1-22(11-8-12-32(27)30-4)21(24)31-20(15-9-6-5-7-10-15)16-13-18(28-2)19(29-3)14-17(16)23(25)26;/h13-15,20H,5-12H2,1-4H3;1H4. The van der Waals surface area contributed by atoms with E-state index in [0.717, 1.165) is 32.1 Å². The molecule has 0 aromatic heterocycles. The summed E-state index contributed by atoms with van der Waals surface area (Å²) in [4.78, 5) is 25.6. The number of carbonyl (C=O) groups excluding carboxylic acids is 1. The van der Waals surface area contributed by atoms with Crippen molar-refractivity contribution in [3.63, 3.8) is 0 Å². The van der Waals surface area contributed by atoms with Gasteiger partial charge in [-0.2, -0.15) is 0 Å². The van der Waals surface area contributed by atoms with Crippen LogP contribution < -0.4 is 9.47 Å². The zero-order valence-corrected chi connectivity index (χ0v) is 19.9. The summed E-state index contributed by atoms with van der Waals surface area (Å²) in [6.07, 6.45) is 3.72. The average molecular weight is 489 g/mol. The summed E-state index contributed by atoms with van der Waals surface area (Å²) >= 11 is -1.40. The lowest BCUT2D eigenvalue weighted by Crippen LogP contribution is -2.32. The Morgan fingerprint density at radius 3 is 2.33 bits per heavy atom. The van der Waals surface area contributed by atoms with Crippen LogP contribution in [0.2, 0.25) is 0 Å².